The summed E-state index contributed by atoms with van der Waals surface area (Å²) < 4.78 is 10.6. The van der Waals surface area contributed by atoms with Gasteiger partial charge in [0.05, 0.1) is 12.7 Å². The van der Waals surface area contributed by atoms with Crippen LogP contribution in [-0.2, 0) is 22.4 Å². The molecule has 0 amide bonds. The molecular formula is C22H24O4. The second kappa shape index (κ2) is 8.56. The molecule has 1 aliphatic rings. The van der Waals surface area contributed by atoms with E-state index >= 15 is 0 Å². The number of methoxy groups -OCH3 is 1. The zero-order chi connectivity index (χ0) is 18.4. The number of aryl methyl sites for hydroxylation is 2. The lowest BCUT2D eigenvalue weighted by atomic mass is 10.0. The van der Waals surface area contributed by atoms with E-state index in [-0.39, 0.29) is 11.7 Å². The van der Waals surface area contributed by atoms with E-state index in [1.807, 2.05) is 54.6 Å². The van der Waals surface area contributed by atoms with Crippen LogP contribution < -0.4 is 4.74 Å². The third-order valence-electron chi connectivity index (χ3n) is 4.67. The average Bonchev–Trinajstić information content (AvgIpc) is 2.95. The van der Waals surface area contributed by atoms with Gasteiger partial charge in [0, 0.05) is 0 Å². The van der Waals surface area contributed by atoms with Gasteiger partial charge in [-0.3, -0.25) is 0 Å². The highest BCUT2D eigenvalue weighted by atomic mass is 16.6. The van der Waals surface area contributed by atoms with Crippen LogP contribution >= 0.6 is 0 Å². The zero-order valence-electron chi connectivity index (χ0n) is 15.0. The average molecular weight is 352 g/mol. The molecule has 4 nitrogen and oxygen atoms in total. The molecule has 1 aliphatic heterocycles. The van der Waals surface area contributed by atoms with Crippen molar-refractivity contribution < 1.29 is 19.4 Å². The molecule has 1 N–H and O–H groups in total. The van der Waals surface area contributed by atoms with Gasteiger partial charge in [-0.2, -0.15) is 0 Å². The van der Waals surface area contributed by atoms with Crippen LogP contribution in [0.3, 0.4) is 0 Å². The van der Waals surface area contributed by atoms with Crippen molar-refractivity contribution in [3.05, 3.63) is 77.1 Å². The summed E-state index contributed by atoms with van der Waals surface area (Å²) in [5, 5.41) is 10.4. The lowest BCUT2D eigenvalue weighted by Gasteiger charge is -2.09. The van der Waals surface area contributed by atoms with Crippen molar-refractivity contribution in [1.82, 2.24) is 0 Å². The van der Waals surface area contributed by atoms with Crippen molar-refractivity contribution in [1.29, 1.82) is 0 Å². The molecule has 0 unspecified atom stereocenters. The van der Waals surface area contributed by atoms with Crippen LogP contribution in [0.4, 0.5) is 0 Å². The number of hydrogen-bond acceptors (Lipinski definition) is 4. The first-order valence-corrected chi connectivity index (χ1v) is 8.97. The van der Waals surface area contributed by atoms with Gasteiger partial charge in [-0.1, -0.05) is 42.5 Å². The highest BCUT2D eigenvalue weighted by molar-refractivity contribution is 5.91. The number of hydrogen-bond donors (Lipinski definition) is 1. The minimum atomic E-state index is -0.519. The highest BCUT2D eigenvalue weighted by Gasteiger charge is 2.33. The summed E-state index contributed by atoms with van der Waals surface area (Å²) in [5.41, 5.74) is 2.74. The van der Waals surface area contributed by atoms with Crippen molar-refractivity contribution in [2.45, 2.75) is 38.2 Å². The standard InChI is InChI=1S/C22H24O4/c1-25-18-11-5-9-17(15-18)10-6-12-19-21(23)20(26-22(19)24)14-13-16-7-3-2-4-8-16/h2-5,7-9,11,15,20,23H,6,10,12-14H2,1H3/t20-/m1/s1. The molecule has 26 heavy (non-hydrogen) atoms. The number of cyclic esters (lactones) is 1. The van der Waals surface area contributed by atoms with Gasteiger partial charge in [-0.15, -0.1) is 0 Å². The number of aliphatic hydroxyl groups is 1. The van der Waals surface area contributed by atoms with Crippen LogP contribution in [0.5, 0.6) is 5.75 Å². The molecule has 0 spiro atoms. The molecular weight excluding hydrogens is 328 g/mol. The van der Waals surface area contributed by atoms with E-state index in [0.29, 0.717) is 18.4 Å². The van der Waals surface area contributed by atoms with Crippen LogP contribution in [0.25, 0.3) is 0 Å². The maximum absolute atomic E-state index is 12.1. The first-order chi connectivity index (χ1) is 12.7. The first-order valence-electron chi connectivity index (χ1n) is 8.97. The summed E-state index contributed by atoms with van der Waals surface area (Å²) in [5.74, 6) is 0.550. The summed E-state index contributed by atoms with van der Waals surface area (Å²) >= 11 is 0. The maximum atomic E-state index is 12.1. The number of carbonyl (C=O) groups is 1. The van der Waals surface area contributed by atoms with Gasteiger partial charge in [0.2, 0.25) is 0 Å². The third kappa shape index (κ3) is 4.45. The Morgan fingerprint density at radius 1 is 1.00 bits per heavy atom. The van der Waals surface area contributed by atoms with E-state index in [9.17, 15) is 9.90 Å². The molecule has 0 aliphatic carbocycles. The molecule has 2 aromatic carbocycles. The van der Waals surface area contributed by atoms with Crippen molar-refractivity contribution in [3.8, 4) is 5.75 Å². The van der Waals surface area contributed by atoms with Gasteiger partial charge in [0.25, 0.3) is 0 Å². The number of rotatable bonds is 8. The number of esters is 1. The van der Waals surface area contributed by atoms with E-state index < -0.39 is 6.10 Å². The van der Waals surface area contributed by atoms with Gasteiger partial charge in [-0.05, 0) is 55.4 Å². The van der Waals surface area contributed by atoms with Crippen molar-refractivity contribution in [3.63, 3.8) is 0 Å². The zero-order valence-corrected chi connectivity index (χ0v) is 15.0. The molecule has 3 rings (SSSR count). The van der Waals surface area contributed by atoms with Gasteiger partial charge >= 0.3 is 5.97 Å². The van der Waals surface area contributed by atoms with Crippen molar-refractivity contribution in [2.75, 3.05) is 7.11 Å². The molecule has 0 saturated carbocycles. The number of aliphatic hydroxyl groups excluding tert-OH is 1. The monoisotopic (exact) mass is 352 g/mol. The van der Waals surface area contributed by atoms with Crippen molar-refractivity contribution >= 4 is 5.97 Å². The fourth-order valence-electron chi connectivity index (χ4n) is 3.22. The molecule has 0 radical (unpaired) electrons. The van der Waals surface area contributed by atoms with Crippen LogP contribution in [0.1, 0.15) is 30.4 Å². The molecule has 0 saturated heterocycles. The Bertz CT molecular complexity index is 780. The van der Waals surface area contributed by atoms with Gasteiger partial charge < -0.3 is 14.6 Å². The number of benzene rings is 2. The Balaban J connectivity index is 1.54. The summed E-state index contributed by atoms with van der Waals surface area (Å²) in [4.78, 5) is 12.1. The normalized spacial score (nSPS) is 16.7. The maximum Gasteiger partial charge on any atom is 0.338 e. The fourth-order valence-corrected chi connectivity index (χ4v) is 3.22. The molecule has 0 bridgehead atoms. The minimum absolute atomic E-state index is 0.108. The lowest BCUT2D eigenvalue weighted by Crippen LogP contribution is -2.12. The number of ether oxygens (including phenoxy) is 2. The summed E-state index contributed by atoms with van der Waals surface area (Å²) in [7, 11) is 1.64. The Hall–Kier alpha value is -2.75. The van der Waals surface area contributed by atoms with Crippen molar-refractivity contribution in [2.24, 2.45) is 0 Å². The largest absolute Gasteiger partial charge is 0.508 e. The quantitative estimate of drug-likeness (QED) is 0.716. The van der Waals surface area contributed by atoms with Crippen LogP contribution in [0, 0.1) is 0 Å². The third-order valence-corrected chi connectivity index (χ3v) is 4.67. The Morgan fingerprint density at radius 2 is 1.77 bits per heavy atom. The molecule has 0 aromatic heterocycles. The van der Waals surface area contributed by atoms with Gasteiger partial charge in [0.1, 0.15) is 11.5 Å². The van der Waals surface area contributed by atoms with E-state index in [0.717, 1.165) is 30.6 Å². The Kier molecular flexibility index (Phi) is 5.95. The highest BCUT2D eigenvalue weighted by Crippen LogP contribution is 2.28. The minimum Gasteiger partial charge on any atom is -0.508 e. The van der Waals surface area contributed by atoms with E-state index in [1.54, 1.807) is 7.11 Å². The van der Waals surface area contributed by atoms with Crippen LogP contribution in [0.2, 0.25) is 0 Å². The topological polar surface area (TPSA) is 55.8 Å². The van der Waals surface area contributed by atoms with Crippen LogP contribution in [0.15, 0.2) is 65.9 Å². The van der Waals surface area contributed by atoms with Gasteiger partial charge in [0.15, 0.2) is 6.10 Å². The SMILES string of the molecule is COc1cccc(CCCC2=C(O)[C@@H](CCc3ccccc3)OC2=O)c1. The van der Waals surface area contributed by atoms with E-state index in [4.69, 9.17) is 9.47 Å². The predicted octanol–water partition coefficient (Wildman–Crippen LogP) is 4.39. The van der Waals surface area contributed by atoms with Crippen LogP contribution in [-0.4, -0.2) is 24.3 Å². The molecule has 1 heterocycles. The second-order valence-corrected chi connectivity index (χ2v) is 6.49. The molecule has 0 fully saturated rings. The molecule has 2 aromatic rings. The van der Waals surface area contributed by atoms with Gasteiger partial charge in [-0.25, -0.2) is 4.79 Å². The Labute approximate surface area is 154 Å². The first kappa shape index (κ1) is 18.1. The molecule has 1 atom stereocenters. The summed E-state index contributed by atoms with van der Waals surface area (Å²) in [6.45, 7) is 0. The molecule has 4 heteroatoms. The summed E-state index contributed by atoms with van der Waals surface area (Å²) in [6.07, 6.45) is 2.95. The number of carbonyl (C=O) groups excluding carboxylic acids is 1. The Morgan fingerprint density at radius 3 is 2.54 bits per heavy atom. The smallest absolute Gasteiger partial charge is 0.338 e. The fraction of sp³-hybridized carbons (Fsp3) is 0.318. The second-order valence-electron chi connectivity index (χ2n) is 6.49. The molecule has 136 valence electrons. The summed E-state index contributed by atoms with van der Waals surface area (Å²) in [6, 6.07) is 17.9. The predicted molar refractivity (Wildman–Crippen MR) is 100 cm³/mol. The van der Waals surface area contributed by atoms with E-state index in [2.05, 4.69) is 0 Å². The lowest BCUT2D eigenvalue weighted by molar-refractivity contribution is -0.140. The van der Waals surface area contributed by atoms with E-state index in [1.165, 1.54) is 5.56 Å².